The van der Waals surface area contributed by atoms with Gasteiger partial charge < -0.3 is 9.80 Å². The summed E-state index contributed by atoms with van der Waals surface area (Å²) < 4.78 is 0. The Hall–Kier alpha value is -11.4. The first-order chi connectivity index (χ1) is 49.5. The van der Waals surface area contributed by atoms with Crippen LogP contribution in [0.2, 0.25) is 0 Å². The summed E-state index contributed by atoms with van der Waals surface area (Å²) in [5.41, 5.74) is 32.8. The molecule has 16 rings (SSSR count). The Morgan fingerprint density at radius 1 is 0.223 bits per heavy atom. The van der Waals surface area contributed by atoms with Gasteiger partial charge in [-0.25, -0.2) is 9.97 Å². The molecular formula is C98H87BN4. The van der Waals surface area contributed by atoms with Crippen LogP contribution in [0.3, 0.4) is 0 Å². The van der Waals surface area contributed by atoms with Gasteiger partial charge >= 0.3 is 0 Å². The molecule has 0 saturated carbocycles. The summed E-state index contributed by atoms with van der Waals surface area (Å²) in [6.07, 6.45) is 0. The van der Waals surface area contributed by atoms with Crippen LogP contribution in [0.5, 0.6) is 0 Å². The fourth-order valence-corrected chi connectivity index (χ4v) is 15.1. The van der Waals surface area contributed by atoms with Crippen molar-refractivity contribution in [2.24, 2.45) is 0 Å². The lowest BCUT2D eigenvalue weighted by molar-refractivity contribution is 0.568. The Balaban J connectivity index is 1.06. The molecule has 1 aromatic heterocycles. The number of hydrogen-bond acceptors (Lipinski definition) is 4. The minimum atomic E-state index is -0.191. The predicted molar refractivity (Wildman–Crippen MR) is 440 cm³/mol. The van der Waals surface area contributed by atoms with Gasteiger partial charge in [0.15, 0.2) is 5.82 Å². The third-order valence-corrected chi connectivity index (χ3v) is 21.0. The summed E-state index contributed by atoms with van der Waals surface area (Å²) >= 11 is 0. The molecule has 0 fully saturated rings. The first kappa shape index (κ1) is 66.2. The zero-order valence-electron chi connectivity index (χ0n) is 61.3. The molecule has 0 aliphatic carbocycles. The van der Waals surface area contributed by atoms with E-state index in [1.165, 1.54) is 38.6 Å². The lowest BCUT2D eigenvalue weighted by Crippen LogP contribution is -2.61. The average molecular weight is 1330 g/mol. The third-order valence-electron chi connectivity index (χ3n) is 21.0. The summed E-state index contributed by atoms with van der Waals surface area (Å²) in [5, 5.41) is 0. The fourth-order valence-electron chi connectivity index (χ4n) is 15.1. The molecule has 0 atom stereocenters. The molecule has 0 unspecified atom stereocenters. The normalized spacial score (nSPS) is 12.8. The average Bonchev–Trinajstić information content (AvgIpc) is 0.692. The van der Waals surface area contributed by atoms with Crippen molar-refractivity contribution in [3.8, 4) is 101 Å². The molecule has 0 radical (unpaired) electrons. The molecule has 502 valence electrons. The van der Waals surface area contributed by atoms with Gasteiger partial charge in [-0.1, -0.05) is 301 Å². The van der Waals surface area contributed by atoms with Crippen molar-refractivity contribution >= 4 is 57.2 Å². The van der Waals surface area contributed by atoms with Gasteiger partial charge in [-0.15, -0.1) is 0 Å². The highest BCUT2D eigenvalue weighted by Crippen LogP contribution is 2.50. The van der Waals surface area contributed by atoms with Crippen molar-refractivity contribution in [2.45, 2.75) is 105 Å². The molecule has 2 aliphatic heterocycles. The molecular weight excluding hydrogens is 1240 g/mol. The van der Waals surface area contributed by atoms with Gasteiger partial charge in [0, 0.05) is 50.8 Å². The Kier molecular flexibility index (Phi) is 16.6. The molecule has 4 nitrogen and oxygen atoms in total. The van der Waals surface area contributed by atoms with Gasteiger partial charge in [0.1, 0.15) is 0 Å². The summed E-state index contributed by atoms with van der Waals surface area (Å²) in [6, 6.07) is 115. The quantitative estimate of drug-likeness (QED) is 0.121. The van der Waals surface area contributed by atoms with Crippen molar-refractivity contribution in [2.75, 3.05) is 9.80 Å². The number of benzene rings is 13. The van der Waals surface area contributed by atoms with Gasteiger partial charge in [0.2, 0.25) is 0 Å². The Morgan fingerprint density at radius 2 is 0.485 bits per heavy atom. The first-order valence-corrected chi connectivity index (χ1v) is 36.5. The van der Waals surface area contributed by atoms with Gasteiger partial charge in [-0.2, -0.15) is 0 Å². The van der Waals surface area contributed by atoms with E-state index >= 15 is 0 Å². The van der Waals surface area contributed by atoms with Crippen molar-refractivity contribution in [1.82, 2.24) is 9.97 Å². The van der Waals surface area contributed by atoms with E-state index in [0.717, 1.165) is 129 Å². The van der Waals surface area contributed by atoms with E-state index in [-0.39, 0.29) is 28.4 Å². The van der Waals surface area contributed by atoms with Crippen LogP contribution in [0, 0.1) is 0 Å². The van der Waals surface area contributed by atoms with Crippen LogP contribution in [0.25, 0.3) is 101 Å². The molecule has 14 aromatic rings. The van der Waals surface area contributed by atoms with Crippen LogP contribution >= 0.6 is 0 Å². The number of nitrogens with zero attached hydrogens (tertiary/aromatic N) is 4. The fraction of sp³-hybridized carbons (Fsp3) is 0.163. The summed E-state index contributed by atoms with van der Waals surface area (Å²) in [7, 11) is 0. The second kappa shape index (κ2) is 25.9. The van der Waals surface area contributed by atoms with Gasteiger partial charge in [0.25, 0.3) is 6.71 Å². The van der Waals surface area contributed by atoms with Crippen molar-refractivity contribution in [3.05, 3.63) is 332 Å². The Morgan fingerprint density at radius 3 is 0.767 bits per heavy atom. The number of rotatable bonds is 11. The van der Waals surface area contributed by atoms with Gasteiger partial charge in [-0.3, -0.25) is 0 Å². The van der Waals surface area contributed by atoms with E-state index < -0.39 is 0 Å². The molecule has 5 heteroatoms. The van der Waals surface area contributed by atoms with Crippen LogP contribution in [0.15, 0.2) is 309 Å². The third kappa shape index (κ3) is 12.9. The van der Waals surface area contributed by atoms with E-state index in [1.807, 2.05) is 0 Å². The molecule has 0 amide bonds. The summed E-state index contributed by atoms with van der Waals surface area (Å²) in [4.78, 5) is 17.3. The lowest BCUT2D eigenvalue weighted by Gasteiger charge is -2.45. The standard InChI is InChI=1S/C98H87BN4/c1-95(2,3)79-57-80(96(4,5)6)60-83(59-79)102-89-53-70(64-31-19-13-20-32-64)43-45-85(89)99-86-46-44-71(65-33-21-14-22-34-65)54-90(86)103(84-61-81(97(7,8)9)58-82(62-84)98(10,11)12)92-56-78(55-91(102)93(92)99)94-100-87(76-49-72(66-35-23-15-24-36-66)47-73(50-76)67-37-25-16-26-38-67)63-88(101-94)77-51-74(68-39-27-17-28-40-68)48-75(52-77)69-41-29-18-30-42-69/h13-63H,1-12H3. The molecule has 0 bridgehead atoms. The zero-order valence-corrected chi connectivity index (χ0v) is 61.3. The molecule has 0 saturated heterocycles. The van der Waals surface area contributed by atoms with Crippen LogP contribution in [0.1, 0.15) is 105 Å². The SMILES string of the molecule is CC(C)(C)c1cc(N2c3cc(-c4ccccc4)ccc3B3c4ccc(-c5ccccc5)cc4N(c4cc(C(C)(C)C)cc(C(C)(C)C)c4)c4cc(-c5nc(-c6cc(-c7ccccc7)cc(-c7ccccc7)c6)cc(-c6cc(-c7ccccc7)cc(-c7ccccc7)c6)n5)cc2c43)cc(C(C)(C)C)c1. The molecule has 13 aromatic carbocycles. The number of hydrogen-bond donors (Lipinski definition) is 0. The minimum Gasteiger partial charge on any atom is -0.311 e. The second-order valence-electron chi connectivity index (χ2n) is 32.4. The van der Waals surface area contributed by atoms with Crippen molar-refractivity contribution in [3.63, 3.8) is 0 Å². The van der Waals surface area contributed by atoms with E-state index in [4.69, 9.17) is 9.97 Å². The Labute approximate surface area is 610 Å². The summed E-state index contributed by atoms with van der Waals surface area (Å²) in [5.74, 6) is 0.617. The Bertz CT molecular complexity index is 5010. The molecule has 2 aliphatic rings. The maximum absolute atomic E-state index is 6.02. The van der Waals surface area contributed by atoms with Crippen LogP contribution in [-0.4, -0.2) is 16.7 Å². The van der Waals surface area contributed by atoms with Gasteiger partial charge in [0.05, 0.1) is 11.4 Å². The van der Waals surface area contributed by atoms with E-state index in [2.05, 4.69) is 402 Å². The highest BCUT2D eigenvalue weighted by molar-refractivity contribution is 7.00. The van der Waals surface area contributed by atoms with Crippen molar-refractivity contribution < 1.29 is 0 Å². The molecule has 0 N–H and O–H groups in total. The monoisotopic (exact) mass is 1330 g/mol. The summed E-state index contributed by atoms with van der Waals surface area (Å²) in [6.45, 7) is 28.0. The van der Waals surface area contributed by atoms with E-state index in [1.54, 1.807) is 0 Å². The largest absolute Gasteiger partial charge is 0.311 e. The number of anilines is 6. The second-order valence-corrected chi connectivity index (χ2v) is 32.4. The minimum absolute atomic E-state index is 0.180. The van der Waals surface area contributed by atoms with Crippen LogP contribution < -0.4 is 26.2 Å². The van der Waals surface area contributed by atoms with E-state index in [0.29, 0.717) is 5.82 Å². The number of fused-ring (bicyclic) bond motifs is 4. The smallest absolute Gasteiger partial charge is 0.252 e. The first-order valence-electron chi connectivity index (χ1n) is 36.5. The highest BCUT2D eigenvalue weighted by Gasteiger charge is 2.45. The topological polar surface area (TPSA) is 32.3 Å². The van der Waals surface area contributed by atoms with Crippen LogP contribution in [0.4, 0.5) is 34.1 Å². The van der Waals surface area contributed by atoms with Crippen LogP contribution in [-0.2, 0) is 21.7 Å². The zero-order chi connectivity index (χ0) is 71.1. The molecule has 0 spiro atoms. The highest BCUT2D eigenvalue weighted by atomic mass is 15.2. The van der Waals surface area contributed by atoms with Crippen molar-refractivity contribution in [1.29, 1.82) is 0 Å². The lowest BCUT2D eigenvalue weighted by atomic mass is 9.33. The molecule has 103 heavy (non-hydrogen) atoms. The van der Waals surface area contributed by atoms with E-state index in [9.17, 15) is 0 Å². The molecule has 3 heterocycles. The number of aromatic nitrogens is 2. The predicted octanol–water partition coefficient (Wildman–Crippen LogP) is 24.8. The maximum Gasteiger partial charge on any atom is 0.252 e. The maximum atomic E-state index is 6.02. The van der Waals surface area contributed by atoms with Gasteiger partial charge in [-0.05, 0) is 218 Å².